The van der Waals surface area contributed by atoms with Crippen molar-refractivity contribution in [2.75, 3.05) is 0 Å². The van der Waals surface area contributed by atoms with E-state index in [0.717, 1.165) is 23.8 Å². The van der Waals surface area contributed by atoms with Crippen LogP contribution < -0.4 is 14.2 Å². The van der Waals surface area contributed by atoms with Crippen LogP contribution >= 0.6 is 0 Å². The largest absolute Gasteiger partial charge is 0.508 e. The monoisotopic (exact) mass is 630 g/mol. The van der Waals surface area contributed by atoms with Gasteiger partial charge in [0.15, 0.2) is 0 Å². The van der Waals surface area contributed by atoms with Gasteiger partial charge in [0.2, 0.25) is 0 Å². The first-order valence-corrected chi connectivity index (χ1v) is 16.0. The minimum atomic E-state index is -1.45. The third-order valence-corrected chi connectivity index (χ3v) is 10.4. The molecule has 8 nitrogen and oxygen atoms in total. The van der Waals surface area contributed by atoms with Crippen molar-refractivity contribution in [3.63, 3.8) is 0 Å². The van der Waals surface area contributed by atoms with E-state index in [1.54, 1.807) is 42.5 Å². The third kappa shape index (κ3) is 4.06. The zero-order valence-electron chi connectivity index (χ0n) is 26.2. The van der Waals surface area contributed by atoms with Gasteiger partial charge in [-0.25, -0.2) is 0 Å². The van der Waals surface area contributed by atoms with Crippen molar-refractivity contribution < 1.29 is 39.1 Å². The van der Waals surface area contributed by atoms with Gasteiger partial charge in [-0.05, 0) is 94.1 Å². The van der Waals surface area contributed by atoms with E-state index >= 15 is 0 Å². The number of ether oxygens (including phenoxy) is 3. The van der Waals surface area contributed by atoms with Crippen molar-refractivity contribution in [3.05, 3.63) is 101 Å². The zero-order valence-corrected chi connectivity index (χ0v) is 26.2. The molecule has 0 spiro atoms. The molecule has 238 valence electrons. The first-order chi connectivity index (χ1) is 22.5. The predicted molar refractivity (Wildman–Crippen MR) is 175 cm³/mol. The summed E-state index contributed by atoms with van der Waals surface area (Å²) in [7, 11) is 0. The SMILES string of the molecule is CC1=C[C@@H]2c3c(O)cc(-c4cc5ccc(O)cc5o4)cc3O[C@]3(c4ccc(O)c5c4OC(C)(C)CC5)Oc4cc(O)ccc4[C@@H](C1)[C@H]23. The molecule has 0 amide bonds. The average Bonchev–Trinajstić information content (AvgIpc) is 3.43. The summed E-state index contributed by atoms with van der Waals surface area (Å²) in [6.45, 7) is 6.17. The Balaban J connectivity index is 1.31. The molecule has 4 N–H and O–H groups in total. The molecule has 1 aromatic heterocycles. The Bertz CT molecular complexity index is 2170. The second-order valence-electron chi connectivity index (χ2n) is 14.0. The van der Waals surface area contributed by atoms with Gasteiger partial charge in [-0.2, -0.15) is 0 Å². The van der Waals surface area contributed by atoms with Crippen LogP contribution in [-0.4, -0.2) is 26.0 Å². The Morgan fingerprint density at radius 1 is 0.787 bits per heavy atom. The topological polar surface area (TPSA) is 122 Å². The van der Waals surface area contributed by atoms with Crippen LogP contribution in [0, 0.1) is 5.92 Å². The van der Waals surface area contributed by atoms with Gasteiger partial charge in [0.05, 0.1) is 11.5 Å². The van der Waals surface area contributed by atoms with Gasteiger partial charge < -0.3 is 39.1 Å². The van der Waals surface area contributed by atoms with Crippen LogP contribution in [0.3, 0.4) is 0 Å². The maximum Gasteiger partial charge on any atom is 0.285 e. The molecule has 47 heavy (non-hydrogen) atoms. The van der Waals surface area contributed by atoms with E-state index in [0.29, 0.717) is 57.3 Å². The van der Waals surface area contributed by atoms with E-state index in [2.05, 4.69) is 13.0 Å². The molecule has 9 rings (SSSR count). The normalized spacial score (nSPS) is 24.8. The molecule has 4 atom stereocenters. The predicted octanol–water partition coefficient (Wildman–Crippen LogP) is 8.50. The lowest BCUT2D eigenvalue weighted by molar-refractivity contribution is -0.199. The number of allylic oxidation sites excluding steroid dienone is 2. The number of fused-ring (bicyclic) bond motifs is 6. The van der Waals surface area contributed by atoms with Crippen molar-refractivity contribution in [2.45, 2.75) is 63.3 Å². The van der Waals surface area contributed by atoms with Crippen LogP contribution in [0.4, 0.5) is 0 Å². The van der Waals surface area contributed by atoms with Gasteiger partial charge in [-0.15, -0.1) is 0 Å². The quantitative estimate of drug-likeness (QED) is 0.143. The highest BCUT2D eigenvalue weighted by Crippen LogP contribution is 2.66. The summed E-state index contributed by atoms with van der Waals surface area (Å²) in [5, 5.41) is 44.2. The standard InChI is InChI=1S/C39H34O8/c1-19-12-26-24-7-6-23(41)18-33(24)45-39(28-8-9-29(42)25-10-11-38(2,3)47-37(25)28)36(26)27(13-19)35-30(43)14-21(16-34(35)46-39)31-15-20-4-5-22(40)17-32(20)44-31/h4-9,13-18,26-27,36,40-43H,10-12H2,1-3H3/t26-,27-,36-,39+/m1/s1. The van der Waals surface area contributed by atoms with Crippen LogP contribution in [0.1, 0.15) is 67.7 Å². The molecule has 0 saturated heterocycles. The summed E-state index contributed by atoms with van der Waals surface area (Å²) in [4.78, 5) is 0. The second-order valence-corrected chi connectivity index (χ2v) is 14.0. The van der Waals surface area contributed by atoms with Crippen LogP contribution in [-0.2, 0) is 12.2 Å². The lowest BCUT2D eigenvalue weighted by atomic mass is 9.60. The lowest BCUT2D eigenvalue weighted by Gasteiger charge is -2.55. The van der Waals surface area contributed by atoms with E-state index < -0.39 is 11.4 Å². The molecule has 0 fully saturated rings. The van der Waals surface area contributed by atoms with Crippen molar-refractivity contribution in [1.29, 1.82) is 0 Å². The number of benzene rings is 4. The summed E-state index contributed by atoms with van der Waals surface area (Å²) >= 11 is 0. The van der Waals surface area contributed by atoms with Gasteiger partial charge in [-0.3, -0.25) is 0 Å². The molecule has 0 bridgehead atoms. The van der Waals surface area contributed by atoms with Crippen molar-refractivity contribution >= 4 is 11.0 Å². The number of aromatic hydroxyl groups is 4. The summed E-state index contributed by atoms with van der Waals surface area (Å²) in [5.74, 6) is 0.225. The van der Waals surface area contributed by atoms with Gasteiger partial charge in [-0.1, -0.05) is 17.7 Å². The number of hydrogen-bond acceptors (Lipinski definition) is 8. The summed E-state index contributed by atoms with van der Waals surface area (Å²) in [5.41, 5.74) is 4.76. The maximum absolute atomic E-state index is 11.8. The lowest BCUT2D eigenvalue weighted by Crippen LogP contribution is -2.56. The van der Waals surface area contributed by atoms with E-state index in [1.807, 2.05) is 38.1 Å². The fraction of sp³-hybridized carbons (Fsp3) is 0.282. The number of furan rings is 1. The molecule has 4 aromatic carbocycles. The fourth-order valence-corrected chi connectivity index (χ4v) is 8.30. The molecule has 5 aromatic rings. The van der Waals surface area contributed by atoms with Crippen LogP contribution in [0.25, 0.3) is 22.3 Å². The molecule has 0 unspecified atom stereocenters. The molecule has 0 saturated carbocycles. The van der Waals surface area contributed by atoms with Crippen molar-refractivity contribution in [3.8, 4) is 51.6 Å². The fourth-order valence-electron chi connectivity index (χ4n) is 8.30. The summed E-state index contributed by atoms with van der Waals surface area (Å²) in [6.07, 6.45) is 4.29. The first-order valence-electron chi connectivity index (χ1n) is 16.0. The summed E-state index contributed by atoms with van der Waals surface area (Å²) in [6, 6.07) is 19.1. The number of phenolic OH excluding ortho intramolecular Hbond substituents is 4. The summed E-state index contributed by atoms with van der Waals surface area (Å²) < 4.78 is 27.0. The minimum absolute atomic E-state index is 0.0747. The van der Waals surface area contributed by atoms with Crippen LogP contribution in [0.5, 0.6) is 40.2 Å². The highest BCUT2D eigenvalue weighted by atomic mass is 16.7. The van der Waals surface area contributed by atoms with E-state index in [4.69, 9.17) is 18.6 Å². The number of rotatable bonds is 2. The van der Waals surface area contributed by atoms with Gasteiger partial charge in [0, 0.05) is 46.0 Å². The van der Waals surface area contributed by atoms with Gasteiger partial charge in [0.25, 0.3) is 5.79 Å². The van der Waals surface area contributed by atoms with Crippen LogP contribution in [0.2, 0.25) is 0 Å². The smallest absolute Gasteiger partial charge is 0.285 e. The molecule has 8 heteroatoms. The van der Waals surface area contributed by atoms with Gasteiger partial charge >= 0.3 is 0 Å². The van der Waals surface area contributed by atoms with Crippen LogP contribution in [0.15, 0.2) is 82.8 Å². The highest BCUT2D eigenvalue weighted by Gasteiger charge is 2.62. The Labute approximate surface area is 271 Å². The Hall–Kier alpha value is -5.24. The maximum atomic E-state index is 11.8. The molecule has 3 aliphatic heterocycles. The highest BCUT2D eigenvalue weighted by molar-refractivity contribution is 5.84. The minimum Gasteiger partial charge on any atom is -0.508 e. The number of hydrogen-bond donors (Lipinski definition) is 4. The van der Waals surface area contributed by atoms with E-state index in [1.165, 1.54) is 5.57 Å². The molecule has 0 radical (unpaired) electrons. The molecular weight excluding hydrogens is 596 g/mol. The Kier molecular flexibility index (Phi) is 5.61. The van der Waals surface area contributed by atoms with Crippen molar-refractivity contribution in [2.24, 2.45) is 5.92 Å². The van der Waals surface area contributed by atoms with Crippen molar-refractivity contribution in [1.82, 2.24) is 0 Å². The molecule has 1 aliphatic carbocycles. The number of phenols is 4. The molecule has 4 aliphatic rings. The third-order valence-electron chi connectivity index (χ3n) is 10.4. The Morgan fingerprint density at radius 2 is 1.57 bits per heavy atom. The Morgan fingerprint density at radius 3 is 2.43 bits per heavy atom. The second kappa shape index (κ2) is 9.41. The first kappa shape index (κ1) is 28.0. The molecular formula is C39H34O8. The molecule has 4 heterocycles. The average molecular weight is 631 g/mol. The van der Waals surface area contributed by atoms with Gasteiger partial charge in [0.1, 0.15) is 57.2 Å². The van der Waals surface area contributed by atoms with E-state index in [9.17, 15) is 20.4 Å². The van der Waals surface area contributed by atoms with E-state index in [-0.39, 0.29) is 40.8 Å². The zero-order chi connectivity index (χ0) is 32.4.